The van der Waals surface area contributed by atoms with Crippen LogP contribution in [-0.4, -0.2) is 48.9 Å². The average Bonchev–Trinajstić information content (AvgIpc) is 2.27. The van der Waals surface area contributed by atoms with Crippen LogP contribution >= 0.6 is 0 Å². The zero-order chi connectivity index (χ0) is 12.0. The molecule has 0 radical (unpaired) electrons. The predicted molar refractivity (Wildman–Crippen MR) is 55.0 cm³/mol. The molecular weight excluding hydrogens is 214 g/mol. The van der Waals surface area contributed by atoms with E-state index in [1.165, 1.54) is 6.92 Å². The summed E-state index contributed by atoms with van der Waals surface area (Å²) in [7, 11) is 0. The van der Waals surface area contributed by atoms with Crippen LogP contribution in [0.15, 0.2) is 0 Å². The van der Waals surface area contributed by atoms with E-state index in [9.17, 15) is 9.59 Å². The highest BCUT2D eigenvalue weighted by Crippen LogP contribution is 2.09. The Bertz CT molecular complexity index is 250. The molecule has 2 N–H and O–H groups in total. The molecule has 0 aromatic carbocycles. The lowest BCUT2D eigenvalue weighted by Gasteiger charge is -2.22. The summed E-state index contributed by atoms with van der Waals surface area (Å²) >= 11 is 0. The maximum atomic E-state index is 11.3. The number of carbonyl (C=O) groups excluding carboxylic acids is 1. The summed E-state index contributed by atoms with van der Waals surface area (Å²) in [6, 6.07) is -0.884. The number of aliphatic carboxylic acids is 1. The number of carboxylic acids is 1. The van der Waals surface area contributed by atoms with Gasteiger partial charge in [-0.05, 0) is 19.8 Å². The molecule has 0 spiro atoms. The average molecular weight is 231 g/mol. The number of ether oxygens (including phenoxy) is 2. The van der Waals surface area contributed by atoms with Gasteiger partial charge in [0.25, 0.3) is 0 Å². The van der Waals surface area contributed by atoms with Crippen molar-refractivity contribution < 1.29 is 24.2 Å². The highest BCUT2D eigenvalue weighted by atomic mass is 16.5. The number of carbonyl (C=O) groups is 2. The Morgan fingerprint density at radius 2 is 2.12 bits per heavy atom. The minimum absolute atomic E-state index is 0.0413. The fourth-order valence-electron chi connectivity index (χ4n) is 1.38. The van der Waals surface area contributed by atoms with Gasteiger partial charge in [-0.1, -0.05) is 0 Å². The van der Waals surface area contributed by atoms with Crippen LogP contribution in [0.5, 0.6) is 0 Å². The fraction of sp³-hybridized carbons (Fsp3) is 0.800. The number of rotatable bonds is 5. The quantitative estimate of drug-likeness (QED) is 0.682. The summed E-state index contributed by atoms with van der Waals surface area (Å²) in [5.41, 5.74) is 0. The van der Waals surface area contributed by atoms with Crippen molar-refractivity contribution in [3.8, 4) is 0 Å². The molecule has 92 valence electrons. The zero-order valence-corrected chi connectivity index (χ0v) is 9.27. The van der Waals surface area contributed by atoms with Crippen molar-refractivity contribution in [2.24, 2.45) is 0 Å². The molecule has 1 saturated heterocycles. The van der Waals surface area contributed by atoms with Crippen LogP contribution in [0.1, 0.15) is 19.8 Å². The SMILES string of the molecule is C[C@@H](NC(=O)COC1CCOCC1)C(=O)O. The second kappa shape index (κ2) is 6.44. The van der Waals surface area contributed by atoms with Gasteiger partial charge < -0.3 is 19.9 Å². The number of amides is 1. The summed E-state index contributed by atoms with van der Waals surface area (Å²) in [6.07, 6.45) is 1.60. The van der Waals surface area contributed by atoms with Crippen molar-refractivity contribution in [2.75, 3.05) is 19.8 Å². The molecule has 0 aromatic heterocycles. The van der Waals surface area contributed by atoms with Crippen molar-refractivity contribution in [3.63, 3.8) is 0 Å². The van der Waals surface area contributed by atoms with Gasteiger partial charge in [0.1, 0.15) is 12.6 Å². The van der Waals surface area contributed by atoms with Gasteiger partial charge in [0.2, 0.25) is 5.91 Å². The van der Waals surface area contributed by atoms with E-state index in [1.54, 1.807) is 0 Å². The maximum Gasteiger partial charge on any atom is 0.325 e. The van der Waals surface area contributed by atoms with E-state index in [2.05, 4.69) is 5.32 Å². The first-order chi connectivity index (χ1) is 7.59. The molecule has 1 atom stereocenters. The Labute approximate surface area is 93.9 Å². The maximum absolute atomic E-state index is 11.3. The van der Waals surface area contributed by atoms with Gasteiger partial charge in [0, 0.05) is 13.2 Å². The molecule has 0 bridgehead atoms. The largest absolute Gasteiger partial charge is 0.480 e. The van der Waals surface area contributed by atoms with Gasteiger partial charge >= 0.3 is 5.97 Å². The third kappa shape index (κ3) is 4.59. The highest BCUT2D eigenvalue weighted by molar-refractivity contribution is 5.83. The fourth-order valence-corrected chi connectivity index (χ4v) is 1.38. The van der Waals surface area contributed by atoms with Crippen molar-refractivity contribution >= 4 is 11.9 Å². The molecule has 0 unspecified atom stereocenters. The van der Waals surface area contributed by atoms with Crippen molar-refractivity contribution in [1.82, 2.24) is 5.32 Å². The lowest BCUT2D eigenvalue weighted by atomic mass is 10.1. The van der Waals surface area contributed by atoms with Gasteiger partial charge in [0.05, 0.1) is 6.10 Å². The minimum atomic E-state index is -1.06. The molecule has 6 nitrogen and oxygen atoms in total. The lowest BCUT2D eigenvalue weighted by molar-refractivity contribution is -0.142. The molecular formula is C10H17NO5. The summed E-state index contributed by atoms with van der Waals surface area (Å²) in [6.45, 7) is 2.62. The van der Waals surface area contributed by atoms with Gasteiger partial charge in [0.15, 0.2) is 0 Å². The second-order valence-corrected chi connectivity index (χ2v) is 3.75. The van der Waals surface area contributed by atoms with E-state index in [0.29, 0.717) is 13.2 Å². The zero-order valence-electron chi connectivity index (χ0n) is 9.27. The van der Waals surface area contributed by atoms with E-state index in [-0.39, 0.29) is 12.7 Å². The number of hydrogen-bond acceptors (Lipinski definition) is 4. The van der Waals surface area contributed by atoms with Gasteiger partial charge in [-0.15, -0.1) is 0 Å². The molecule has 1 aliphatic heterocycles. The van der Waals surface area contributed by atoms with Crippen LogP contribution in [0.3, 0.4) is 0 Å². The number of hydrogen-bond donors (Lipinski definition) is 2. The molecule has 1 fully saturated rings. The van der Waals surface area contributed by atoms with Crippen LogP contribution in [0.2, 0.25) is 0 Å². The van der Waals surface area contributed by atoms with Gasteiger partial charge in [-0.2, -0.15) is 0 Å². The van der Waals surface area contributed by atoms with Crippen LogP contribution in [-0.2, 0) is 19.1 Å². The summed E-state index contributed by atoms with van der Waals surface area (Å²) in [4.78, 5) is 21.7. The normalized spacial score (nSPS) is 19.1. The molecule has 0 aromatic rings. The molecule has 1 amide bonds. The molecule has 0 aliphatic carbocycles. The van der Waals surface area contributed by atoms with E-state index < -0.39 is 17.9 Å². The van der Waals surface area contributed by atoms with Gasteiger partial charge in [-0.25, -0.2) is 0 Å². The topological polar surface area (TPSA) is 84.9 Å². The minimum Gasteiger partial charge on any atom is -0.480 e. The van der Waals surface area contributed by atoms with Gasteiger partial charge in [-0.3, -0.25) is 9.59 Å². The van der Waals surface area contributed by atoms with Crippen LogP contribution in [0, 0.1) is 0 Å². The summed E-state index contributed by atoms with van der Waals surface area (Å²) in [5.74, 6) is -1.46. The van der Waals surface area contributed by atoms with Crippen molar-refractivity contribution in [1.29, 1.82) is 0 Å². The van der Waals surface area contributed by atoms with E-state index in [4.69, 9.17) is 14.6 Å². The molecule has 1 aliphatic rings. The Morgan fingerprint density at radius 3 is 2.69 bits per heavy atom. The van der Waals surface area contributed by atoms with E-state index in [1.807, 2.05) is 0 Å². The molecule has 1 rings (SSSR count). The molecule has 16 heavy (non-hydrogen) atoms. The van der Waals surface area contributed by atoms with E-state index in [0.717, 1.165) is 12.8 Å². The Balaban J connectivity index is 2.16. The molecule has 0 saturated carbocycles. The molecule has 1 heterocycles. The second-order valence-electron chi connectivity index (χ2n) is 3.75. The number of carboxylic acid groups (broad SMARTS) is 1. The van der Waals surface area contributed by atoms with Crippen LogP contribution in [0.4, 0.5) is 0 Å². The van der Waals surface area contributed by atoms with Crippen molar-refractivity contribution in [3.05, 3.63) is 0 Å². The predicted octanol–water partition coefficient (Wildman–Crippen LogP) is -0.229. The van der Waals surface area contributed by atoms with Crippen molar-refractivity contribution in [2.45, 2.75) is 31.9 Å². The van der Waals surface area contributed by atoms with Crippen LogP contribution in [0.25, 0.3) is 0 Å². The third-order valence-electron chi connectivity index (χ3n) is 2.37. The third-order valence-corrected chi connectivity index (χ3v) is 2.37. The lowest BCUT2D eigenvalue weighted by Crippen LogP contribution is -2.41. The monoisotopic (exact) mass is 231 g/mol. The Hall–Kier alpha value is -1.14. The first-order valence-electron chi connectivity index (χ1n) is 5.31. The summed E-state index contributed by atoms with van der Waals surface area (Å²) in [5, 5.41) is 10.9. The first-order valence-corrected chi connectivity index (χ1v) is 5.31. The number of nitrogens with one attached hydrogen (secondary N) is 1. The smallest absolute Gasteiger partial charge is 0.325 e. The summed E-state index contributed by atoms with van der Waals surface area (Å²) < 4.78 is 10.5. The molecule has 6 heteroatoms. The Morgan fingerprint density at radius 1 is 1.50 bits per heavy atom. The highest BCUT2D eigenvalue weighted by Gasteiger charge is 2.17. The van der Waals surface area contributed by atoms with Crippen LogP contribution < -0.4 is 5.32 Å². The Kier molecular flexibility index (Phi) is 5.21. The standard InChI is InChI=1S/C10H17NO5/c1-7(10(13)14)11-9(12)6-16-8-2-4-15-5-3-8/h7-8H,2-6H2,1H3,(H,11,12)(H,13,14)/t7-/m1/s1. The van der Waals surface area contributed by atoms with E-state index >= 15 is 0 Å². The first kappa shape index (κ1) is 12.9.